The van der Waals surface area contributed by atoms with Gasteiger partial charge in [-0.05, 0) is 62.6 Å². The highest BCUT2D eigenvalue weighted by Gasteiger charge is 2.19. The number of rotatable bonds is 9. The maximum Gasteiger partial charge on any atom is 0.251 e. The van der Waals surface area contributed by atoms with E-state index in [2.05, 4.69) is 10.0 Å². The van der Waals surface area contributed by atoms with Crippen molar-refractivity contribution in [2.75, 3.05) is 20.6 Å². The average molecular weight is 417 g/mol. The van der Waals surface area contributed by atoms with E-state index in [1.54, 1.807) is 24.5 Å². The van der Waals surface area contributed by atoms with E-state index in [0.29, 0.717) is 17.9 Å². The fourth-order valence-corrected chi connectivity index (χ4v) is 3.75. The topological polar surface area (TPSA) is 105 Å². The van der Waals surface area contributed by atoms with Gasteiger partial charge in [-0.1, -0.05) is 0 Å². The Morgan fingerprint density at radius 1 is 1.03 bits per heavy atom. The molecule has 1 aromatic carbocycles. The maximum absolute atomic E-state index is 12.4. The maximum atomic E-state index is 12.4. The number of furan rings is 2. The number of carbonyl (C=O) groups is 1. The van der Waals surface area contributed by atoms with Crippen LogP contribution in [0.1, 0.15) is 27.9 Å². The van der Waals surface area contributed by atoms with Crippen LogP contribution in [0.2, 0.25) is 0 Å². The van der Waals surface area contributed by atoms with Gasteiger partial charge in [0.25, 0.3) is 5.91 Å². The van der Waals surface area contributed by atoms with Crippen LogP contribution in [-0.4, -0.2) is 39.9 Å². The molecular weight excluding hydrogens is 394 g/mol. The summed E-state index contributed by atoms with van der Waals surface area (Å²) < 4.78 is 37.7. The van der Waals surface area contributed by atoms with Crippen LogP contribution in [0.4, 0.5) is 0 Å². The van der Waals surface area contributed by atoms with Crippen LogP contribution in [0.3, 0.4) is 0 Å². The molecule has 0 radical (unpaired) electrons. The minimum atomic E-state index is -3.71. The van der Waals surface area contributed by atoms with Gasteiger partial charge in [-0.2, -0.15) is 0 Å². The first kappa shape index (κ1) is 20.8. The van der Waals surface area contributed by atoms with Gasteiger partial charge < -0.3 is 14.2 Å². The molecule has 1 atom stereocenters. The Kier molecular flexibility index (Phi) is 6.53. The summed E-state index contributed by atoms with van der Waals surface area (Å²) in [5.41, 5.74) is 0.368. The first-order valence-electron chi connectivity index (χ1n) is 8.97. The Hall–Kier alpha value is -2.88. The summed E-state index contributed by atoms with van der Waals surface area (Å²) in [6.07, 6.45) is 3.07. The molecule has 8 nitrogen and oxygen atoms in total. The lowest BCUT2D eigenvalue weighted by atomic mass is 10.2. The summed E-state index contributed by atoms with van der Waals surface area (Å²) in [4.78, 5) is 14.5. The van der Waals surface area contributed by atoms with Gasteiger partial charge in [0, 0.05) is 12.1 Å². The third-order valence-corrected chi connectivity index (χ3v) is 5.81. The molecule has 3 rings (SSSR count). The lowest BCUT2D eigenvalue weighted by molar-refractivity contribution is 0.0939. The van der Waals surface area contributed by atoms with Crippen molar-refractivity contribution in [3.05, 3.63) is 78.1 Å². The van der Waals surface area contributed by atoms with Gasteiger partial charge in [0.05, 0.1) is 30.0 Å². The Balaban J connectivity index is 1.60. The molecule has 2 aromatic heterocycles. The molecule has 1 amide bonds. The van der Waals surface area contributed by atoms with Crippen LogP contribution in [0, 0.1) is 0 Å². The summed E-state index contributed by atoms with van der Waals surface area (Å²) in [6, 6.07) is 12.7. The highest BCUT2D eigenvalue weighted by molar-refractivity contribution is 7.89. The smallest absolute Gasteiger partial charge is 0.251 e. The van der Waals surface area contributed by atoms with Crippen molar-refractivity contribution in [3.8, 4) is 0 Å². The minimum absolute atomic E-state index is 0.0519. The van der Waals surface area contributed by atoms with Crippen LogP contribution in [0.5, 0.6) is 0 Å². The van der Waals surface area contributed by atoms with Gasteiger partial charge in [-0.25, -0.2) is 13.1 Å². The minimum Gasteiger partial charge on any atom is -0.468 e. The molecule has 0 aliphatic heterocycles. The highest BCUT2D eigenvalue weighted by atomic mass is 32.2. The molecule has 3 aromatic rings. The van der Waals surface area contributed by atoms with Crippen molar-refractivity contribution < 1.29 is 22.0 Å². The lowest BCUT2D eigenvalue weighted by Crippen LogP contribution is -2.34. The van der Waals surface area contributed by atoms with Crippen molar-refractivity contribution >= 4 is 15.9 Å². The van der Waals surface area contributed by atoms with Crippen LogP contribution in [-0.2, 0) is 16.6 Å². The van der Waals surface area contributed by atoms with E-state index in [9.17, 15) is 13.2 Å². The zero-order valence-corrected chi connectivity index (χ0v) is 17.0. The summed E-state index contributed by atoms with van der Waals surface area (Å²) in [5.74, 6) is 0.965. The van der Waals surface area contributed by atoms with E-state index >= 15 is 0 Å². The molecule has 0 saturated carbocycles. The van der Waals surface area contributed by atoms with Crippen molar-refractivity contribution in [1.82, 2.24) is 14.9 Å². The third-order valence-electron chi connectivity index (χ3n) is 4.39. The van der Waals surface area contributed by atoms with Gasteiger partial charge in [-0.3, -0.25) is 9.69 Å². The quantitative estimate of drug-likeness (QED) is 0.554. The number of amides is 1. The van der Waals surface area contributed by atoms with Crippen molar-refractivity contribution in [1.29, 1.82) is 0 Å². The Morgan fingerprint density at radius 2 is 1.72 bits per heavy atom. The van der Waals surface area contributed by atoms with Gasteiger partial charge in [0.2, 0.25) is 10.0 Å². The first-order valence-corrected chi connectivity index (χ1v) is 10.5. The SMILES string of the molecule is CN(C)C(CNC(=O)c1ccc(S(=O)(=O)NCc2ccco2)cc1)c1ccco1. The summed E-state index contributed by atoms with van der Waals surface area (Å²) in [5, 5.41) is 2.85. The lowest BCUT2D eigenvalue weighted by Gasteiger charge is -2.22. The molecule has 9 heteroatoms. The van der Waals surface area contributed by atoms with Crippen LogP contribution < -0.4 is 10.0 Å². The number of benzene rings is 1. The van der Waals surface area contributed by atoms with Crippen molar-refractivity contribution in [2.24, 2.45) is 0 Å². The van der Waals surface area contributed by atoms with Crippen molar-refractivity contribution in [3.63, 3.8) is 0 Å². The highest BCUT2D eigenvalue weighted by Crippen LogP contribution is 2.18. The van der Waals surface area contributed by atoms with E-state index in [-0.39, 0.29) is 23.4 Å². The molecule has 0 aliphatic carbocycles. The number of hydrogen-bond donors (Lipinski definition) is 2. The summed E-state index contributed by atoms with van der Waals surface area (Å²) in [7, 11) is 0.0889. The Bertz CT molecular complexity index is 1010. The van der Waals surface area contributed by atoms with Crippen LogP contribution in [0.15, 0.2) is 74.8 Å². The summed E-state index contributed by atoms with van der Waals surface area (Å²) >= 11 is 0. The predicted octanol–water partition coefficient (Wildman–Crippen LogP) is 2.38. The molecule has 0 saturated heterocycles. The van der Waals surface area contributed by atoms with E-state index in [4.69, 9.17) is 8.83 Å². The third kappa shape index (κ3) is 5.35. The molecule has 1 unspecified atom stereocenters. The average Bonchev–Trinajstić information content (AvgIpc) is 3.40. The van der Waals surface area contributed by atoms with Gasteiger partial charge in [-0.15, -0.1) is 0 Å². The number of likely N-dealkylation sites (N-methyl/N-ethyl adjacent to an activating group) is 1. The number of hydrogen-bond acceptors (Lipinski definition) is 6. The normalized spacial score (nSPS) is 12.8. The predicted molar refractivity (Wildman–Crippen MR) is 107 cm³/mol. The molecular formula is C20H23N3O5S. The number of nitrogens with zero attached hydrogens (tertiary/aromatic N) is 1. The monoisotopic (exact) mass is 417 g/mol. The molecule has 154 valence electrons. The van der Waals surface area contributed by atoms with E-state index in [1.165, 1.54) is 30.5 Å². The zero-order valence-electron chi connectivity index (χ0n) is 16.2. The molecule has 0 spiro atoms. The Labute approximate surface area is 169 Å². The number of sulfonamides is 1. The van der Waals surface area contributed by atoms with Gasteiger partial charge in [0.1, 0.15) is 11.5 Å². The van der Waals surface area contributed by atoms with Crippen molar-refractivity contribution in [2.45, 2.75) is 17.5 Å². The largest absolute Gasteiger partial charge is 0.468 e. The number of carbonyl (C=O) groups excluding carboxylic acids is 1. The standard InChI is InChI=1S/C20H23N3O5S/c1-23(2)18(19-6-4-12-28-19)14-21-20(24)15-7-9-17(10-8-15)29(25,26)22-13-16-5-3-11-27-16/h3-12,18,22H,13-14H2,1-2H3,(H,21,24). The second-order valence-corrected chi connectivity index (χ2v) is 8.40. The molecule has 2 N–H and O–H groups in total. The Morgan fingerprint density at radius 3 is 2.31 bits per heavy atom. The number of nitrogens with one attached hydrogen (secondary N) is 2. The first-order chi connectivity index (χ1) is 13.9. The van der Waals surface area contributed by atoms with Gasteiger partial charge >= 0.3 is 0 Å². The second-order valence-electron chi connectivity index (χ2n) is 6.63. The van der Waals surface area contributed by atoms with Gasteiger partial charge in [0.15, 0.2) is 0 Å². The summed E-state index contributed by atoms with van der Waals surface area (Å²) in [6.45, 7) is 0.403. The van der Waals surface area contributed by atoms with Crippen LogP contribution in [0.25, 0.3) is 0 Å². The van der Waals surface area contributed by atoms with E-state index in [1.807, 2.05) is 25.1 Å². The zero-order chi connectivity index (χ0) is 20.9. The fraction of sp³-hybridized carbons (Fsp3) is 0.250. The van der Waals surface area contributed by atoms with Crippen LogP contribution >= 0.6 is 0 Å². The fourth-order valence-electron chi connectivity index (χ4n) is 2.76. The molecule has 0 fully saturated rings. The molecule has 2 heterocycles. The van der Waals surface area contributed by atoms with E-state index in [0.717, 1.165) is 5.76 Å². The molecule has 0 bridgehead atoms. The molecule has 29 heavy (non-hydrogen) atoms. The second kappa shape index (κ2) is 9.08. The molecule has 0 aliphatic rings. The van der Waals surface area contributed by atoms with E-state index < -0.39 is 10.0 Å².